The number of aryl methyl sites for hydroxylation is 2. The van der Waals surface area contributed by atoms with Crippen molar-refractivity contribution in [3.63, 3.8) is 0 Å². The first-order valence-corrected chi connectivity index (χ1v) is 9.10. The fourth-order valence-corrected chi connectivity index (χ4v) is 3.80. The first kappa shape index (κ1) is 16.6. The first-order chi connectivity index (χ1) is 11.5. The smallest absolute Gasteiger partial charge is 0.326 e. The molecular formula is C17H18N2O4S. The Morgan fingerprint density at radius 3 is 2.79 bits per heavy atom. The molecule has 0 radical (unpaired) electrons. The van der Waals surface area contributed by atoms with Crippen LogP contribution in [-0.2, 0) is 27.7 Å². The number of benzene rings is 1. The number of sulfonamides is 1. The van der Waals surface area contributed by atoms with E-state index in [1.807, 2.05) is 12.1 Å². The first-order valence-electron chi connectivity index (χ1n) is 7.65. The monoisotopic (exact) mass is 346 g/mol. The highest BCUT2D eigenvalue weighted by Crippen LogP contribution is 2.26. The normalized spacial score (nSPS) is 13.8. The minimum atomic E-state index is -3.77. The molecule has 0 amide bonds. The minimum Gasteiger partial charge on any atom is -0.426 e. The number of hydrogen-bond acceptors (Lipinski definition) is 5. The molecule has 0 spiro atoms. The molecule has 0 saturated carbocycles. The van der Waals surface area contributed by atoms with Gasteiger partial charge in [-0.15, -0.1) is 0 Å². The Balaban J connectivity index is 1.66. The lowest BCUT2D eigenvalue weighted by Crippen LogP contribution is -2.34. The van der Waals surface area contributed by atoms with Crippen molar-refractivity contribution in [1.82, 2.24) is 9.29 Å². The molecule has 0 bridgehead atoms. The maximum absolute atomic E-state index is 12.4. The lowest BCUT2D eigenvalue weighted by Gasteiger charge is -2.16. The second-order valence-corrected chi connectivity index (χ2v) is 7.75. The van der Waals surface area contributed by atoms with Crippen LogP contribution >= 0.6 is 0 Å². The minimum absolute atomic E-state index is 0.0397. The third-order valence-electron chi connectivity index (χ3n) is 4.00. The average molecular weight is 346 g/mol. The summed E-state index contributed by atoms with van der Waals surface area (Å²) < 4.78 is 30.9. The fraction of sp³-hybridized carbons (Fsp3) is 0.294. The Hall–Kier alpha value is -2.25. The van der Waals surface area contributed by atoms with Gasteiger partial charge in [-0.2, -0.15) is 4.31 Å². The van der Waals surface area contributed by atoms with Gasteiger partial charge in [0.2, 0.25) is 10.0 Å². The number of carbonyl (C=O) groups excluding carboxylic acids is 1. The van der Waals surface area contributed by atoms with Gasteiger partial charge in [0.1, 0.15) is 17.2 Å². The maximum Gasteiger partial charge on any atom is 0.326 e. The number of rotatable bonds is 5. The molecule has 2 aromatic rings. The zero-order chi connectivity index (χ0) is 17.2. The third-order valence-corrected chi connectivity index (χ3v) is 5.78. The van der Waals surface area contributed by atoms with E-state index in [-0.39, 0.29) is 11.4 Å². The molecule has 0 saturated heterocycles. The van der Waals surface area contributed by atoms with Gasteiger partial charge in [-0.3, -0.25) is 9.78 Å². The lowest BCUT2D eigenvalue weighted by atomic mass is 10.1. The fourth-order valence-electron chi connectivity index (χ4n) is 2.72. The second kappa shape index (κ2) is 6.70. The summed E-state index contributed by atoms with van der Waals surface area (Å²) in [5.41, 5.74) is 2.47. The van der Waals surface area contributed by atoms with Gasteiger partial charge in [0.25, 0.3) is 0 Å². The number of esters is 1. The number of aromatic nitrogens is 1. The summed E-state index contributed by atoms with van der Waals surface area (Å²) in [7, 11) is -2.43. The van der Waals surface area contributed by atoms with Crippen molar-refractivity contribution in [1.29, 1.82) is 0 Å². The van der Waals surface area contributed by atoms with E-state index in [0.29, 0.717) is 5.75 Å². The molecule has 1 aliphatic carbocycles. The zero-order valence-corrected chi connectivity index (χ0v) is 14.1. The van der Waals surface area contributed by atoms with Crippen LogP contribution in [0.1, 0.15) is 17.5 Å². The largest absolute Gasteiger partial charge is 0.426 e. The quantitative estimate of drug-likeness (QED) is 0.609. The molecule has 24 heavy (non-hydrogen) atoms. The molecule has 0 atom stereocenters. The van der Waals surface area contributed by atoms with E-state index in [0.717, 1.165) is 23.6 Å². The predicted octanol–water partition coefficient (Wildman–Crippen LogP) is 1.80. The Kier molecular flexibility index (Phi) is 4.64. The van der Waals surface area contributed by atoms with Gasteiger partial charge in [-0.25, -0.2) is 8.42 Å². The summed E-state index contributed by atoms with van der Waals surface area (Å²) in [4.78, 5) is 15.9. The van der Waals surface area contributed by atoms with Crippen LogP contribution in [0.25, 0.3) is 0 Å². The van der Waals surface area contributed by atoms with E-state index in [1.165, 1.54) is 42.7 Å². The molecule has 3 rings (SSSR count). The van der Waals surface area contributed by atoms with Crippen LogP contribution < -0.4 is 4.74 Å². The number of hydrogen-bond donors (Lipinski definition) is 0. The van der Waals surface area contributed by atoms with Crippen molar-refractivity contribution in [3.8, 4) is 5.75 Å². The van der Waals surface area contributed by atoms with Crippen LogP contribution in [0.15, 0.2) is 47.6 Å². The summed E-state index contributed by atoms with van der Waals surface area (Å²) in [5.74, 6) is -0.171. The summed E-state index contributed by atoms with van der Waals surface area (Å²) >= 11 is 0. The van der Waals surface area contributed by atoms with Gasteiger partial charge < -0.3 is 4.74 Å². The summed E-state index contributed by atoms with van der Waals surface area (Å²) in [6.45, 7) is -0.367. The number of likely N-dealkylation sites (N-methyl/N-ethyl adjacent to an activating group) is 1. The summed E-state index contributed by atoms with van der Waals surface area (Å²) in [6, 6.07) is 8.53. The molecule has 1 aromatic heterocycles. The molecule has 6 nitrogen and oxygen atoms in total. The van der Waals surface area contributed by atoms with E-state index < -0.39 is 16.0 Å². The molecule has 126 valence electrons. The molecule has 1 heterocycles. The van der Waals surface area contributed by atoms with E-state index in [2.05, 4.69) is 4.98 Å². The van der Waals surface area contributed by atoms with Crippen LogP contribution in [-0.4, -0.2) is 37.3 Å². The standard InChI is InChI=1S/C17H18N2O4S/c1-19(24(21,22)16-6-3-9-18-11-16)12-17(20)23-15-8-7-13-4-2-5-14(13)10-15/h3,6-11H,2,4-5,12H2,1H3. The van der Waals surface area contributed by atoms with E-state index in [1.54, 1.807) is 6.07 Å². The highest BCUT2D eigenvalue weighted by Gasteiger charge is 2.24. The number of ether oxygens (including phenoxy) is 1. The van der Waals surface area contributed by atoms with Crippen LogP contribution in [0.2, 0.25) is 0 Å². The molecule has 0 fully saturated rings. The van der Waals surface area contributed by atoms with Crippen molar-refractivity contribution < 1.29 is 17.9 Å². The number of pyridine rings is 1. The van der Waals surface area contributed by atoms with Crippen molar-refractivity contribution in [2.45, 2.75) is 24.2 Å². The summed E-state index contributed by atoms with van der Waals surface area (Å²) in [5, 5.41) is 0. The highest BCUT2D eigenvalue weighted by atomic mass is 32.2. The Labute approximate surface area is 141 Å². The summed E-state index contributed by atoms with van der Waals surface area (Å²) in [6.07, 6.45) is 5.88. The van der Waals surface area contributed by atoms with Crippen molar-refractivity contribution >= 4 is 16.0 Å². The molecule has 1 aliphatic rings. The van der Waals surface area contributed by atoms with Crippen LogP contribution in [0.5, 0.6) is 5.75 Å². The maximum atomic E-state index is 12.4. The second-order valence-electron chi connectivity index (χ2n) is 5.71. The van der Waals surface area contributed by atoms with Crippen molar-refractivity contribution in [2.24, 2.45) is 0 Å². The van der Waals surface area contributed by atoms with E-state index in [9.17, 15) is 13.2 Å². The molecule has 0 unspecified atom stereocenters. The Morgan fingerprint density at radius 1 is 1.25 bits per heavy atom. The number of fused-ring (bicyclic) bond motifs is 1. The molecule has 7 heteroatoms. The van der Waals surface area contributed by atoms with Gasteiger partial charge in [0.15, 0.2) is 0 Å². The van der Waals surface area contributed by atoms with Gasteiger partial charge in [-0.1, -0.05) is 6.07 Å². The van der Waals surface area contributed by atoms with Crippen LogP contribution in [0.3, 0.4) is 0 Å². The van der Waals surface area contributed by atoms with Crippen molar-refractivity contribution in [3.05, 3.63) is 53.9 Å². The predicted molar refractivity (Wildman–Crippen MR) is 88.2 cm³/mol. The Morgan fingerprint density at radius 2 is 2.04 bits per heavy atom. The Bertz CT molecular complexity index is 850. The van der Waals surface area contributed by atoms with Crippen molar-refractivity contribution in [2.75, 3.05) is 13.6 Å². The lowest BCUT2D eigenvalue weighted by molar-refractivity contribution is -0.134. The van der Waals surface area contributed by atoms with Crippen LogP contribution in [0, 0.1) is 0 Å². The third kappa shape index (κ3) is 3.47. The zero-order valence-electron chi connectivity index (χ0n) is 13.3. The topological polar surface area (TPSA) is 76.6 Å². The van der Waals surface area contributed by atoms with Crippen LogP contribution in [0.4, 0.5) is 0 Å². The number of carbonyl (C=O) groups is 1. The van der Waals surface area contributed by atoms with Gasteiger partial charge in [0, 0.05) is 19.4 Å². The number of nitrogens with zero attached hydrogens (tertiary/aromatic N) is 2. The highest BCUT2D eigenvalue weighted by molar-refractivity contribution is 7.89. The molecule has 0 aliphatic heterocycles. The van der Waals surface area contributed by atoms with Gasteiger partial charge in [-0.05, 0) is 54.7 Å². The molecule has 1 aromatic carbocycles. The molecule has 0 N–H and O–H groups in total. The van der Waals surface area contributed by atoms with E-state index >= 15 is 0 Å². The van der Waals surface area contributed by atoms with Gasteiger partial charge >= 0.3 is 5.97 Å². The van der Waals surface area contributed by atoms with Gasteiger partial charge in [0.05, 0.1) is 0 Å². The molecular weight excluding hydrogens is 328 g/mol. The SMILES string of the molecule is CN(CC(=O)Oc1ccc2c(c1)CCC2)S(=O)(=O)c1cccnc1. The van der Waals surface area contributed by atoms with E-state index in [4.69, 9.17) is 4.74 Å². The average Bonchev–Trinajstić information content (AvgIpc) is 3.03.